The van der Waals surface area contributed by atoms with Gasteiger partial charge in [-0.3, -0.25) is 4.98 Å². The molecule has 0 aliphatic carbocycles. The van der Waals surface area contributed by atoms with E-state index in [1.807, 2.05) is 0 Å². The van der Waals surface area contributed by atoms with Crippen molar-refractivity contribution in [2.75, 3.05) is 6.61 Å². The number of aliphatic imine (C=N–C) groups is 1. The fourth-order valence-corrected chi connectivity index (χ4v) is 4.02. The summed E-state index contributed by atoms with van der Waals surface area (Å²) in [6.07, 6.45) is -4.54. The Hall–Kier alpha value is -3.36. The first-order valence-electron chi connectivity index (χ1n) is 10.4. The number of nitrogens with one attached hydrogen (secondary N) is 1. The number of hydrogen-bond acceptors (Lipinski definition) is 5. The highest BCUT2D eigenvalue weighted by Crippen LogP contribution is 2.41. The zero-order valence-electron chi connectivity index (χ0n) is 19.6. The molecule has 0 bridgehead atoms. The number of nitrogens with zero attached hydrogens (tertiary/aromatic N) is 2. The lowest BCUT2D eigenvalue weighted by molar-refractivity contribution is -0.139. The van der Waals surface area contributed by atoms with Crippen LogP contribution in [-0.4, -0.2) is 28.3 Å². The van der Waals surface area contributed by atoms with Gasteiger partial charge in [-0.25, -0.2) is 9.79 Å². The average molecular weight is 461 g/mol. The predicted octanol–water partition coefficient (Wildman–Crippen LogP) is 5.76. The smallest absolute Gasteiger partial charge is 0.418 e. The van der Waals surface area contributed by atoms with E-state index in [2.05, 4.69) is 15.0 Å². The van der Waals surface area contributed by atoms with Gasteiger partial charge in [-0.05, 0) is 59.6 Å². The summed E-state index contributed by atoms with van der Waals surface area (Å²) in [5, 5.41) is 0. The molecule has 0 unspecified atom stereocenters. The Morgan fingerprint density at radius 1 is 1.06 bits per heavy atom. The zero-order chi connectivity index (χ0) is 24.7. The van der Waals surface area contributed by atoms with E-state index in [4.69, 9.17) is 9.47 Å². The number of allylic oxidation sites excluding steroid dienone is 1. The maximum Gasteiger partial charge on any atom is 0.418 e. The molecule has 1 aliphatic rings. The largest absolute Gasteiger partial charge is 0.462 e. The van der Waals surface area contributed by atoms with Crippen LogP contribution in [0.5, 0.6) is 5.75 Å². The van der Waals surface area contributed by atoms with Gasteiger partial charge in [0.1, 0.15) is 11.4 Å². The fourth-order valence-electron chi connectivity index (χ4n) is 4.02. The van der Waals surface area contributed by atoms with Gasteiger partial charge in [0, 0.05) is 29.2 Å². The number of ether oxygens (including phenoxy) is 2. The molecule has 3 rings (SSSR count). The number of aromatic nitrogens is 2. The monoisotopic (exact) mass is 461 g/mol. The molecule has 9 heteroatoms. The zero-order valence-corrected chi connectivity index (χ0v) is 19.6. The molecule has 0 saturated heterocycles. The lowest BCUT2D eigenvalue weighted by Crippen LogP contribution is -2.13. The van der Waals surface area contributed by atoms with Crippen LogP contribution >= 0.6 is 0 Å². The molecule has 2 aromatic heterocycles. The van der Waals surface area contributed by atoms with Gasteiger partial charge >= 0.3 is 12.1 Å². The number of pyridine rings is 1. The van der Waals surface area contributed by atoms with Gasteiger partial charge in [-0.1, -0.05) is 0 Å². The van der Waals surface area contributed by atoms with Crippen molar-refractivity contribution in [2.45, 2.75) is 54.6 Å². The van der Waals surface area contributed by atoms with Crippen molar-refractivity contribution in [2.24, 2.45) is 4.99 Å². The van der Waals surface area contributed by atoms with Gasteiger partial charge in [0.25, 0.3) is 0 Å². The second-order valence-corrected chi connectivity index (χ2v) is 7.91. The summed E-state index contributed by atoms with van der Waals surface area (Å²) in [4.78, 5) is 24.1. The van der Waals surface area contributed by atoms with Gasteiger partial charge in [-0.15, -0.1) is 0 Å². The molecule has 0 saturated carbocycles. The summed E-state index contributed by atoms with van der Waals surface area (Å²) in [6.45, 7) is 11.5. The van der Waals surface area contributed by atoms with Crippen LogP contribution in [0.3, 0.4) is 0 Å². The van der Waals surface area contributed by atoms with Crippen LogP contribution in [0.15, 0.2) is 34.0 Å². The van der Waals surface area contributed by atoms with Gasteiger partial charge < -0.3 is 14.5 Å². The highest BCUT2D eigenvalue weighted by atomic mass is 19.4. The molecule has 0 spiro atoms. The van der Waals surface area contributed by atoms with E-state index in [1.165, 1.54) is 13.8 Å². The number of aromatic amines is 1. The van der Waals surface area contributed by atoms with Gasteiger partial charge in [0.2, 0.25) is 0 Å². The summed E-state index contributed by atoms with van der Waals surface area (Å²) in [6, 6.07) is 3.36. The number of esters is 1. The Balaban J connectivity index is 2.29. The average Bonchev–Trinajstić information content (AvgIpc) is 3.13. The van der Waals surface area contributed by atoms with E-state index < -0.39 is 17.7 Å². The molecule has 33 heavy (non-hydrogen) atoms. The number of H-pyrrole nitrogens is 1. The second kappa shape index (κ2) is 8.88. The Kier molecular flexibility index (Phi) is 6.53. The summed E-state index contributed by atoms with van der Waals surface area (Å²) in [5.74, 6) is -0.0585. The third kappa shape index (κ3) is 4.72. The van der Waals surface area contributed by atoms with Crippen molar-refractivity contribution in [3.63, 3.8) is 0 Å². The van der Waals surface area contributed by atoms with E-state index in [0.717, 1.165) is 0 Å². The van der Waals surface area contributed by atoms with E-state index in [9.17, 15) is 18.0 Å². The quantitative estimate of drug-likeness (QED) is 0.453. The molecular formula is C24H26F3N3O3. The number of aryl methyl sites for hydroxylation is 3. The van der Waals surface area contributed by atoms with Gasteiger partial charge in [0.15, 0.2) is 5.76 Å². The molecule has 0 aromatic carbocycles. The minimum atomic E-state index is -4.54. The van der Waals surface area contributed by atoms with Crippen molar-refractivity contribution in [1.29, 1.82) is 0 Å². The normalized spacial score (nSPS) is 15.6. The Labute approximate surface area is 190 Å². The van der Waals surface area contributed by atoms with Gasteiger partial charge in [-0.2, -0.15) is 13.2 Å². The van der Waals surface area contributed by atoms with Crippen LogP contribution in [0.2, 0.25) is 0 Å². The predicted molar refractivity (Wildman–Crippen MR) is 119 cm³/mol. The van der Waals surface area contributed by atoms with Crippen LogP contribution < -0.4 is 4.74 Å². The summed E-state index contributed by atoms with van der Waals surface area (Å²) < 4.78 is 52.4. The molecule has 0 atom stereocenters. The summed E-state index contributed by atoms with van der Waals surface area (Å²) >= 11 is 0. The van der Waals surface area contributed by atoms with Crippen LogP contribution in [0.1, 0.15) is 54.7 Å². The van der Waals surface area contributed by atoms with Crippen LogP contribution in [0.25, 0.3) is 5.76 Å². The lowest BCUT2D eigenvalue weighted by Gasteiger charge is -2.15. The first-order chi connectivity index (χ1) is 15.3. The molecule has 1 N–H and O–H groups in total. The topological polar surface area (TPSA) is 76.6 Å². The molecule has 0 fully saturated rings. The third-order valence-electron chi connectivity index (χ3n) is 5.29. The summed E-state index contributed by atoms with van der Waals surface area (Å²) in [7, 11) is 0. The van der Waals surface area contributed by atoms with Crippen molar-refractivity contribution in [3.8, 4) is 5.75 Å². The van der Waals surface area contributed by atoms with E-state index in [0.29, 0.717) is 28.4 Å². The second-order valence-electron chi connectivity index (χ2n) is 7.91. The molecule has 0 amide bonds. The number of alkyl halides is 3. The maximum absolute atomic E-state index is 13.7. The first-order valence-corrected chi connectivity index (χ1v) is 10.4. The van der Waals surface area contributed by atoms with Crippen molar-refractivity contribution in [3.05, 3.63) is 62.9 Å². The molecule has 176 valence electrons. The first kappa shape index (κ1) is 24.3. The van der Waals surface area contributed by atoms with E-state index in [1.54, 1.807) is 46.8 Å². The number of carbonyl (C=O) groups is 1. The van der Waals surface area contributed by atoms with E-state index in [-0.39, 0.29) is 40.6 Å². The maximum atomic E-state index is 13.7. The Morgan fingerprint density at radius 2 is 1.67 bits per heavy atom. The molecule has 3 heterocycles. The highest BCUT2D eigenvalue weighted by molar-refractivity contribution is 6.22. The van der Waals surface area contributed by atoms with Crippen LogP contribution in [-0.2, 0) is 15.7 Å². The van der Waals surface area contributed by atoms with Crippen molar-refractivity contribution < 1.29 is 27.4 Å². The minimum absolute atomic E-state index is 0.0183. The highest BCUT2D eigenvalue weighted by Gasteiger charge is 2.38. The van der Waals surface area contributed by atoms with Crippen molar-refractivity contribution >= 4 is 17.4 Å². The lowest BCUT2D eigenvalue weighted by atomic mass is 10.0. The minimum Gasteiger partial charge on any atom is -0.462 e. The Bertz CT molecular complexity index is 1200. The number of hydrogen-bond donors (Lipinski definition) is 1. The fraction of sp³-hybridized carbons (Fsp3) is 0.375. The van der Waals surface area contributed by atoms with E-state index >= 15 is 0 Å². The molecular weight excluding hydrogens is 435 g/mol. The number of halogens is 3. The molecule has 0 radical (unpaired) electrons. The number of carbonyl (C=O) groups excluding carboxylic acids is 1. The molecule has 1 aliphatic heterocycles. The number of rotatable bonds is 5. The standard InChI is InChI=1S/C24H26F3N3O3/c1-8-32-23(31)18-13(4)20(29-15(18)6)22(33-17-9-11(2)28-12(3)10-17)21-14(5)19(16(7)30-21)24(25,26)27/h9-10,30H,8H2,1-7H3/b22-20+. The third-order valence-corrected chi connectivity index (χ3v) is 5.29. The van der Waals surface area contributed by atoms with Crippen molar-refractivity contribution in [1.82, 2.24) is 9.97 Å². The van der Waals surface area contributed by atoms with Crippen LogP contribution in [0, 0.1) is 27.7 Å². The molecule has 6 nitrogen and oxygen atoms in total. The SMILES string of the molecule is CCOC(=O)C1=C(C)/C(=C(\Oc2cc(C)nc(C)c2)c2[nH]c(C)c(C(F)(F)F)c2C)N=C1C. The summed E-state index contributed by atoms with van der Waals surface area (Å²) in [5.41, 5.74) is 2.11. The molecule has 2 aromatic rings. The van der Waals surface area contributed by atoms with Gasteiger partial charge in [0.05, 0.1) is 29.1 Å². The Morgan fingerprint density at radius 3 is 2.18 bits per heavy atom. The van der Waals surface area contributed by atoms with Crippen LogP contribution in [0.4, 0.5) is 13.2 Å².